The van der Waals surface area contributed by atoms with Gasteiger partial charge in [0.1, 0.15) is 12.4 Å². The number of rotatable bonds is 11. The molecular formula is C33H48F2O3. The Kier molecular flexibility index (Phi) is 11.1. The molecule has 3 saturated carbocycles. The quantitative estimate of drug-likeness (QED) is 0.124. The number of allylic oxidation sites excluding steroid dienone is 1. The van der Waals surface area contributed by atoms with Crippen LogP contribution in [0.2, 0.25) is 0 Å². The van der Waals surface area contributed by atoms with E-state index in [4.69, 9.17) is 9.47 Å². The predicted molar refractivity (Wildman–Crippen MR) is 148 cm³/mol. The van der Waals surface area contributed by atoms with Crippen LogP contribution in [-0.4, -0.2) is 12.6 Å². The van der Waals surface area contributed by atoms with Gasteiger partial charge in [-0.1, -0.05) is 76.9 Å². The maximum absolute atomic E-state index is 14.5. The van der Waals surface area contributed by atoms with E-state index >= 15 is 0 Å². The normalized spacial score (nSPS) is 29.7. The molecule has 0 aliphatic heterocycles. The van der Waals surface area contributed by atoms with Crippen LogP contribution in [0.15, 0.2) is 24.3 Å². The van der Waals surface area contributed by atoms with Gasteiger partial charge in [0.05, 0.1) is 5.92 Å². The molecule has 0 radical (unpaired) electrons. The molecule has 0 saturated heterocycles. The zero-order valence-corrected chi connectivity index (χ0v) is 23.6. The zero-order valence-electron chi connectivity index (χ0n) is 23.6. The molecule has 1 aromatic carbocycles. The van der Waals surface area contributed by atoms with Crippen LogP contribution >= 0.6 is 0 Å². The maximum atomic E-state index is 14.5. The average Bonchev–Trinajstić information content (AvgIpc) is 2.92. The summed E-state index contributed by atoms with van der Waals surface area (Å²) >= 11 is 0. The van der Waals surface area contributed by atoms with E-state index in [0.717, 1.165) is 49.1 Å². The van der Waals surface area contributed by atoms with Crippen LogP contribution in [0.5, 0.6) is 11.5 Å². The minimum absolute atomic E-state index is 0.0781. The smallest absolute Gasteiger partial charge is 0.314 e. The van der Waals surface area contributed by atoms with Crippen molar-refractivity contribution in [1.82, 2.24) is 0 Å². The molecule has 4 unspecified atom stereocenters. The molecule has 1 aromatic rings. The van der Waals surface area contributed by atoms with E-state index < -0.39 is 17.4 Å². The lowest BCUT2D eigenvalue weighted by Gasteiger charge is -2.46. The number of hydrogen-bond acceptors (Lipinski definition) is 3. The van der Waals surface area contributed by atoms with Gasteiger partial charge in [-0.05, 0) is 75.0 Å². The lowest BCUT2D eigenvalue weighted by Crippen LogP contribution is -2.40. The molecule has 0 N–H and O–H groups in total. The second-order valence-electron chi connectivity index (χ2n) is 12.2. The number of fused-ring (bicyclic) bond motifs is 1. The van der Waals surface area contributed by atoms with E-state index in [1.165, 1.54) is 77.0 Å². The molecule has 3 fully saturated rings. The average molecular weight is 531 g/mol. The van der Waals surface area contributed by atoms with Gasteiger partial charge in [-0.15, -0.1) is 0 Å². The van der Waals surface area contributed by atoms with Crippen molar-refractivity contribution in [3.05, 3.63) is 35.9 Å². The number of carbonyl (C=O) groups is 1. The molecule has 0 spiro atoms. The lowest BCUT2D eigenvalue weighted by atomic mass is 9.59. The van der Waals surface area contributed by atoms with Crippen LogP contribution in [-0.2, 0) is 4.79 Å². The Morgan fingerprint density at radius 3 is 2.37 bits per heavy atom. The number of benzene rings is 1. The maximum Gasteiger partial charge on any atom is 0.314 e. The van der Waals surface area contributed by atoms with Crippen molar-refractivity contribution in [2.24, 2.45) is 35.5 Å². The minimum Gasteiger partial charge on any atom is -0.483 e. The Morgan fingerprint density at radius 1 is 0.921 bits per heavy atom. The molecule has 38 heavy (non-hydrogen) atoms. The fourth-order valence-electron chi connectivity index (χ4n) is 7.68. The summed E-state index contributed by atoms with van der Waals surface area (Å²) in [5.41, 5.74) is 0. The van der Waals surface area contributed by atoms with Gasteiger partial charge in [0.2, 0.25) is 0 Å². The van der Waals surface area contributed by atoms with E-state index in [-0.39, 0.29) is 24.2 Å². The summed E-state index contributed by atoms with van der Waals surface area (Å²) in [6, 6.07) is 2.12. The zero-order chi connectivity index (χ0) is 26.9. The first-order valence-electron chi connectivity index (χ1n) is 15.4. The van der Waals surface area contributed by atoms with Gasteiger partial charge in [0, 0.05) is 12.1 Å². The first-order valence-corrected chi connectivity index (χ1v) is 15.4. The Labute approximate surface area is 228 Å². The highest BCUT2D eigenvalue weighted by atomic mass is 19.1. The first-order chi connectivity index (χ1) is 18.5. The molecule has 0 amide bonds. The highest BCUT2D eigenvalue weighted by molar-refractivity contribution is 5.75. The topological polar surface area (TPSA) is 35.5 Å². The number of unbranched alkanes of at least 4 members (excludes halogenated alkanes) is 3. The van der Waals surface area contributed by atoms with Crippen LogP contribution < -0.4 is 9.47 Å². The molecule has 0 aromatic heterocycles. The third-order valence-electron chi connectivity index (χ3n) is 9.77. The van der Waals surface area contributed by atoms with Crippen molar-refractivity contribution in [3.8, 4) is 11.5 Å². The highest BCUT2D eigenvalue weighted by Gasteiger charge is 2.43. The summed E-state index contributed by atoms with van der Waals surface area (Å²) in [5.74, 6) is 0.772. The van der Waals surface area contributed by atoms with Gasteiger partial charge in [-0.3, -0.25) is 4.79 Å². The Balaban J connectivity index is 1.28. The third-order valence-corrected chi connectivity index (χ3v) is 9.77. The summed E-state index contributed by atoms with van der Waals surface area (Å²) in [6.45, 7) is 4.17. The third kappa shape index (κ3) is 7.60. The van der Waals surface area contributed by atoms with Crippen LogP contribution in [0.1, 0.15) is 110 Å². The second-order valence-corrected chi connectivity index (χ2v) is 12.2. The lowest BCUT2D eigenvalue weighted by molar-refractivity contribution is -0.144. The summed E-state index contributed by atoms with van der Waals surface area (Å²) in [4.78, 5) is 13.2. The molecule has 3 aliphatic rings. The van der Waals surface area contributed by atoms with E-state index in [1.807, 2.05) is 6.92 Å². The van der Waals surface area contributed by atoms with E-state index in [0.29, 0.717) is 11.8 Å². The van der Waals surface area contributed by atoms with Crippen molar-refractivity contribution < 1.29 is 23.0 Å². The summed E-state index contributed by atoms with van der Waals surface area (Å²) in [6.07, 6.45) is 22.5. The SMILES string of the molecule is C/C=C/COc1c(F)cc(OC(=O)C2CCCC3CC(C4CCC(CCCCCC)CC4)CCC32)cc1F. The predicted octanol–water partition coefficient (Wildman–Crippen LogP) is 9.43. The molecule has 4 atom stereocenters. The molecule has 0 heterocycles. The van der Waals surface area contributed by atoms with Crippen molar-refractivity contribution in [2.75, 3.05) is 6.61 Å². The molecule has 3 aliphatic carbocycles. The number of carbonyl (C=O) groups excluding carboxylic acids is 1. The summed E-state index contributed by atoms with van der Waals surface area (Å²) in [5, 5.41) is 0. The van der Waals surface area contributed by atoms with Gasteiger partial charge in [0.25, 0.3) is 0 Å². The van der Waals surface area contributed by atoms with Gasteiger partial charge < -0.3 is 9.47 Å². The van der Waals surface area contributed by atoms with Crippen LogP contribution in [0, 0.1) is 47.1 Å². The fourth-order valence-corrected chi connectivity index (χ4v) is 7.68. The molecule has 4 rings (SSSR count). The number of ether oxygens (including phenoxy) is 2. The molecule has 0 bridgehead atoms. The Morgan fingerprint density at radius 2 is 1.66 bits per heavy atom. The fraction of sp³-hybridized carbons (Fsp3) is 0.727. The van der Waals surface area contributed by atoms with Gasteiger partial charge in [-0.25, -0.2) is 8.78 Å². The van der Waals surface area contributed by atoms with Crippen LogP contribution in [0.4, 0.5) is 8.78 Å². The van der Waals surface area contributed by atoms with Crippen molar-refractivity contribution in [2.45, 2.75) is 110 Å². The van der Waals surface area contributed by atoms with E-state index in [1.54, 1.807) is 12.2 Å². The van der Waals surface area contributed by atoms with Gasteiger partial charge in [-0.2, -0.15) is 0 Å². The first kappa shape index (κ1) is 29.1. The Bertz CT molecular complexity index is 898. The number of halogens is 2. The van der Waals surface area contributed by atoms with E-state index in [9.17, 15) is 13.6 Å². The van der Waals surface area contributed by atoms with Gasteiger partial charge >= 0.3 is 5.97 Å². The van der Waals surface area contributed by atoms with Crippen molar-refractivity contribution in [1.29, 1.82) is 0 Å². The largest absolute Gasteiger partial charge is 0.483 e. The summed E-state index contributed by atoms with van der Waals surface area (Å²) in [7, 11) is 0. The molecular weight excluding hydrogens is 482 g/mol. The van der Waals surface area contributed by atoms with Crippen LogP contribution in [0.3, 0.4) is 0 Å². The second kappa shape index (κ2) is 14.5. The molecule has 212 valence electrons. The van der Waals surface area contributed by atoms with Crippen molar-refractivity contribution >= 4 is 5.97 Å². The molecule has 5 heteroatoms. The Hall–Kier alpha value is -1.91. The number of esters is 1. The minimum atomic E-state index is -0.852. The highest BCUT2D eigenvalue weighted by Crippen LogP contribution is 2.50. The van der Waals surface area contributed by atoms with Crippen molar-refractivity contribution in [3.63, 3.8) is 0 Å². The molecule has 3 nitrogen and oxygen atoms in total. The summed E-state index contributed by atoms with van der Waals surface area (Å²) < 4.78 is 39.6. The number of hydrogen-bond donors (Lipinski definition) is 0. The van der Waals surface area contributed by atoms with Gasteiger partial charge in [0.15, 0.2) is 17.4 Å². The monoisotopic (exact) mass is 530 g/mol. The standard InChI is InChI=1S/C33H48F2O3/c1-3-5-7-8-10-23-13-15-24(16-14-23)25-17-18-28-26(20-25)11-9-12-29(28)33(36)38-27-21-30(34)32(31(35)22-27)37-19-6-4-2/h4,6,21-26,28-29H,3,5,7-20H2,1-2H3/b6-4+. The van der Waals surface area contributed by atoms with Crippen LogP contribution in [0.25, 0.3) is 0 Å². The van der Waals surface area contributed by atoms with E-state index in [2.05, 4.69) is 6.92 Å².